The Hall–Kier alpha value is -1.55. The highest BCUT2D eigenvalue weighted by molar-refractivity contribution is 5.79. The number of piperidine rings is 2. The van der Waals surface area contributed by atoms with Crippen molar-refractivity contribution in [3.63, 3.8) is 0 Å². The average molecular weight is 316 g/mol. The molecule has 2 aliphatic heterocycles. The van der Waals surface area contributed by atoms with Gasteiger partial charge in [-0.3, -0.25) is 4.79 Å². The first kappa shape index (κ1) is 16.3. The maximum absolute atomic E-state index is 12.7. The lowest BCUT2D eigenvalue weighted by molar-refractivity contribution is -0.138. The molecule has 4 nitrogen and oxygen atoms in total. The first-order valence-corrected chi connectivity index (χ1v) is 8.87. The van der Waals surface area contributed by atoms with E-state index < -0.39 is 0 Å². The summed E-state index contributed by atoms with van der Waals surface area (Å²) < 4.78 is 6.05. The predicted molar refractivity (Wildman–Crippen MR) is 91.6 cm³/mol. The number of hydrogen-bond acceptors (Lipinski definition) is 3. The second-order valence-electron chi connectivity index (χ2n) is 7.03. The van der Waals surface area contributed by atoms with Gasteiger partial charge in [0, 0.05) is 37.9 Å². The fourth-order valence-electron chi connectivity index (χ4n) is 3.62. The van der Waals surface area contributed by atoms with Crippen LogP contribution in [0.15, 0.2) is 24.3 Å². The molecule has 2 aliphatic rings. The van der Waals surface area contributed by atoms with E-state index in [9.17, 15) is 4.79 Å². The highest BCUT2D eigenvalue weighted by Crippen LogP contribution is 2.23. The lowest BCUT2D eigenvalue weighted by atomic mass is 9.91. The molecule has 0 radical (unpaired) electrons. The fourth-order valence-corrected chi connectivity index (χ4v) is 3.62. The van der Waals surface area contributed by atoms with Gasteiger partial charge in [0.2, 0.25) is 5.91 Å². The van der Waals surface area contributed by atoms with Crippen LogP contribution in [0, 0.1) is 12.8 Å². The Morgan fingerprint density at radius 3 is 2.52 bits per heavy atom. The SMILES string of the molecule is Cc1ccc(OC2CCN(C(=O)[C@H]3CCN[C@@H](C)C3)CC2)cc1. The Morgan fingerprint density at radius 1 is 1.17 bits per heavy atom. The van der Waals surface area contributed by atoms with Gasteiger partial charge in [-0.25, -0.2) is 0 Å². The Bertz CT molecular complexity index is 521. The number of nitrogens with zero attached hydrogens (tertiary/aromatic N) is 1. The molecule has 23 heavy (non-hydrogen) atoms. The van der Waals surface area contributed by atoms with Crippen LogP contribution in [-0.4, -0.2) is 42.6 Å². The van der Waals surface area contributed by atoms with Crippen LogP contribution in [-0.2, 0) is 4.79 Å². The molecule has 2 atom stereocenters. The van der Waals surface area contributed by atoms with Crippen molar-refractivity contribution in [2.75, 3.05) is 19.6 Å². The summed E-state index contributed by atoms with van der Waals surface area (Å²) in [5.41, 5.74) is 1.24. The van der Waals surface area contributed by atoms with Crippen LogP contribution in [0.2, 0.25) is 0 Å². The largest absolute Gasteiger partial charge is 0.490 e. The summed E-state index contributed by atoms with van der Waals surface area (Å²) in [6, 6.07) is 8.67. The Labute approximate surface area is 139 Å². The summed E-state index contributed by atoms with van der Waals surface area (Å²) in [5, 5.41) is 3.42. The van der Waals surface area contributed by atoms with E-state index >= 15 is 0 Å². The molecular weight excluding hydrogens is 288 g/mol. The summed E-state index contributed by atoms with van der Waals surface area (Å²) in [5.74, 6) is 1.50. The molecule has 2 heterocycles. The van der Waals surface area contributed by atoms with E-state index in [1.54, 1.807) is 0 Å². The van der Waals surface area contributed by atoms with Crippen LogP contribution >= 0.6 is 0 Å². The van der Waals surface area contributed by atoms with Gasteiger partial charge in [0.15, 0.2) is 0 Å². The third kappa shape index (κ3) is 4.25. The van der Waals surface area contributed by atoms with Crippen molar-refractivity contribution in [2.45, 2.75) is 51.7 Å². The molecule has 4 heteroatoms. The second-order valence-corrected chi connectivity index (χ2v) is 7.03. The minimum absolute atomic E-state index is 0.209. The first-order valence-electron chi connectivity index (χ1n) is 8.87. The molecule has 0 bridgehead atoms. The standard InChI is InChI=1S/C19H28N2O2/c1-14-3-5-17(6-4-14)23-18-8-11-21(12-9-18)19(22)16-7-10-20-15(2)13-16/h3-6,15-16,18,20H,7-13H2,1-2H3/t15-,16-/m0/s1. The number of ether oxygens (including phenoxy) is 1. The highest BCUT2D eigenvalue weighted by Gasteiger charge is 2.31. The van der Waals surface area contributed by atoms with Crippen molar-refractivity contribution < 1.29 is 9.53 Å². The topological polar surface area (TPSA) is 41.6 Å². The summed E-state index contributed by atoms with van der Waals surface area (Å²) in [4.78, 5) is 14.7. The molecule has 3 rings (SSSR count). The maximum Gasteiger partial charge on any atom is 0.225 e. The van der Waals surface area contributed by atoms with Gasteiger partial charge in [-0.1, -0.05) is 17.7 Å². The Morgan fingerprint density at radius 2 is 1.87 bits per heavy atom. The molecule has 126 valence electrons. The van der Waals surface area contributed by atoms with E-state index in [2.05, 4.69) is 36.2 Å². The number of likely N-dealkylation sites (tertiary alicyclic amines) is 1. The predicted octanol–water partition coefficient (Wildman–Crippen LogP) is 2.75. The van der Waals surface area contributed by atoms with E-state index in [0.717, 1.165) is 51.1 Å². The zero-order valence-electron chi connectivity index (χ0n) is 14.3. The van der Waals surface area contributed by atoms with Gasteiger partial charge in [0.1, 0.15) is 11.9 Å². The molecule has 2 saturated heterocycles. The highest BCUT2D eigenvalue weighted by atomic mass is 16.5. The van der Waals surface area contributed by atoms with Crippen LogP contribution in [0.4, 0.5) is 0 Å². The number of carbonyl (C=O) groups is 1. The lowest BCUT2D eigenvalue weighted by Gasteiger charge is -2.36. The maximum atomic E-state index is 12.7. The van der Waals surface area contributed by atoms with E-state index in [1.165, 1.54) is 5.56 Å². The van der Waals surface area contributed by atoms with Gasteiger partial charge >= 0.3 is 0 Å². The van der Waals surface area contributed by atoms with Gasteiger partial charge in [-0.05, 0) is 45.4 Å². The zero-order chi connectivity index (χ0) is 16.2. The second kappa shape index (κ2) is 7.35. The Balaban J connectivity index is 1.48. The molecule has 0 saturated carbocycles. The number of aryl methyl sites for hydroxylation is 1. The minimum atomic E-state index is 0.209. The fraction of sp³-hybridized carbons (Fsp3) is 0.632. The number of carbonyl (C=O) groups excluding carboxylic acids is 1. The molecule has 0 aromatic heterocycles. The average Bonchev–Trinajstić information content (AvgIpc) is 2.57. The van der Waals surface area contributed by atoms with E-state index in [4.69, 9.17) is 4.74 Å². The van der Waals surface area contributed by atoms with Crippen molar-refractivity contribution in [2.24, 2.45) is 5.92 Å². The van der Waals surface area contributed by atoms with Crippen LogP contribution in [0.5, 0.6) is 5.75 Å². The molecule has 0 aliphatic carbocycles. The summed E-state index contributed by atoms with van der Waals surface area (Å²) >= 11 is 0. The normalized spacial score (nSPS) is 26.1. The molecule has 2 fully saturated rings. The Kier molecular flexibility index (Phi) is 5.21. The third-order valence-corrected chi connectivity index (χ3v) is 5.05. The van der Waals surface area contributed by atoms with Crippen LogP contribution < -0.4 is 10.1 Å². The van der Waals surface area contributed by atoms with Crippen LogP contribution in [0.25, 0.3) is 0 Å². The van der Waals surface area contributed by atoms with Crippen molar-refractivity contribution in [3.8, 4) is 5.75 Å². The first-order chi connectivity index (χ1) is 11.1. The van der Waals surface area contributed by atoms with Gasteiger partial charge in [-0.15, -0.1) is 0 Å². The van der Waals surface area contributed by atoms with E-state index in [-0.39, 0.29) is 12.0 Å². The van der Waals surface area contributed by atoms with Crippen molar-refractivity contribution in [3.05, 3.63) is 29.8 Å². The van der Waals surface area contributed by atoms with E-state index in [0.29, 0.717) is 11.9 Å². The third-order valence-electron chi connectivity index (χ3n) is 5.05. The van der Waals surface area contributed by atoms with Gasteiger partial charge in [0.05, 0.1) is 0 Å². The van der Waals surface area contributed by atoms with Crippen LogP contribution in [0.3, 0.4) is 0 Å². The molecule has 0 spiro atoms. The molecule has 1 aromatic carbocycles. The van der Waals surface area contributed by atoms with Gasteiger partial charge in [0.25, 0.3) is 0 Å². The monoisotopic (exact) mass is 316 g/mol. The quantitative estimate of drug-likeness (QED) is 0.932. The molecule has 1 aromatic rings. The number of nitrogens with one attached hydrogen (secondary N) is 1. The number of amides is 1. The number of benzene rings is 1. The lowest BCUT2D eigenvalue weighted by Crippen LogP contribution is -2.47. The number of hydrogen-bond donors (Lipinski definition) is 1. The van der Waals surface area contributed by atoms with Gasteiger partial charge in [-0.2, -0.15) is 0 Å². The van der Waals surface area contributed by atoms with Crippen molar-refractivity contribution in [1.29, 1.82) is 0 Å². The summed E-state index contributed by atoms with van der Waals surface area (Å²) in [7, 11) is 0. The molecular formula is C19H28N2O2. The van der Waals surface area contributed by atoms with Gasteiger partial charge < -0.3 is 15.0 Å². The zero-order valence-corrected chi connectivity index (χ0v) is 14.3. The van der Waals surface area contributed by atoms with Crippen molar-refractivity contribution in [1.82, 2.24) is 10.2 Å². The summed E-state index contributed by atoms with van der Waals surface area (Å²) in [6.45, 7) is 6.86. The molecule has 1 amide bonds. The minimum Gasteiger partial charge on any atom is -0.490 e. The van der Waals surface area contributed by atoms with Crippen LogP contribution in [0.1, 0.15) is 38.2 Å². The molecule has 0 unspecified atom stereocenters. The van der Waals surface area contributed by atoms with E-state index in [1.807, 2.05) is 12.1 Å². The van der Waals surface area contributed by atoms with Crippen molar-refractivity contribution >= 4 is 5.91 Å². The smallest absolute Gasteiger partial charge is 0.225 e. The number of rotatable bonds is 3. The molecule has 1 N–H and O–H groups in total. The summed E-state index contributed by atoms with van der Waals surface area (Å²) in [6.07, 6.45) is 4.04.